The molecule has 6 nitrogen and oxygen atoms in total. The van der Waals surface area contributed by atoms with E-state index in [1.54, 1.807) is 13.2 Å². The largest absolute Gasteiger partial charge is 0.481 e. The zero-order valence-electron chi connectivity index (χ0n) is 11.0. The number of hydrogen-bond donors (Lipinski definition) is 1. The van der Waals surface area contributed by atoms with Gasteiger partial charge in [-0.05, 0) is 25.3 Å². The number of pyridine rings is 1. The summed E-state index contributed by atoms with van der Waals surface area (Å²) in [5.41, 5.74) is 7.53. The number of aryl methyl sites for hydroxylation is 1. The van der Waals surface area contributed by atoms with Gasteiger partial charge in [0.1, 0.15) is 5.52 Å². The predicted octanol–water partition coefficient (Wildman–Crippen LogP) is 1.59. The highest BCUT2D eigenvalue weighted by molar-refractivity contribution is 5.74. The van der Waals surface area contributed by atoms with Crippen LogP contribution < -0.4 is 10.5 Å². The fourth-order valence-electron chi connectivity index (χ4n) is 2.48. The molecule has 2 aromatic rings. The first-order valence-corrected chi connectivity index (χ1v) is 6.56. The Balaban J connectivity index is 1.85. The highest BCUT2D eigenvalue weighted by Gasteiger charge is 2.17. The molecular weight excluding hydrogens is 244 g/mol. The lowest BCUT2D eigenvalue weighted by Gasteiger charge is -2.11. The second kappa shape index (κ2) is 5.05. The van der Waals surface area contributed by atoms with Crippen LogP contribution in [0.3, 0.4) is 0 Å². The predicted molar refractivity (Wildman–Crippen MR) is 72.1 cm³/mol. The smallest absolute Gasteiger partial charge is 0.215 e. The van der Waals surface area contributed by atoms with Crippen molar-refractivity contribution >= 4 is 17.1 Å². The SMILES string of the molecule is COc1ccc2nc(N)n(CCC3CCCO3)c2n1. The van der Waals surface area contributed by atoms with E-state index in [-0.39, 0.29) is 0 Å². The van der Waals surface area contributed by atoms with Gasteiger partial charge in [-0.3, -0.25) is 4.57 Å². The third-order valence-corrected chi connectivity index (χ3v) is 3.50. The van der Waals surface area contributed by atoms with Gasteiger partial charge in [0.25, 0.3) is 0 Å². The van der Waals surface area contributed by atoms with Gasteiger partial charge in [0.15, 0.2) is 5.65 Å². The van der Waals surface area contributed by atoms with Crippen molar-refractivity contribution in [3.8, 4) is 5.88 Å². The summed E-state index contributed by atoms with van der Waals surface area (Å²) in [5.74, 6) is 1.07. The molecule has 1 unspecified atom stereocenters. The minimum atomic E-state index is 0.336. The van der Waals surface area contributed by atoms with E-state index in [4.69, 9.17) is 15.2 Å². The third kappa shape index (κ3) is 2.35. The molecule has 0 bridgehead atoms. The Labute approximate surface area is 111 Å². The maximum atomic E-state index is 5.96. The second-order valence-corrected chi connectivity index (χ2v) is 4.74. The molecule has 2 aromatic heterocycles. The van der Waals surface area contributed by atoms with Crippen molar-refractivity contribution in [2.24, 2.45) is 0 Å². The van der Waals surface area contributed by atoms with E-state index in [9.17, 15) is 0 Å². The average Bonchev–Trinajstić information content (AvgIpc) is 3.03. The van der Waals surface area contributed by atoms with E-state index in [0.29, 0.717) is 17.9 Å². The molecule has 0 radical (unpaired) electrons. The van der Waals surface area contributed by atoms with E-state index < -0.39 is 0 Å². The topological polar surface area (TPSA) is 75.2 Å². The van der Waals surface area contributed by atoms with Crippen LogP contribution in [0.2, 0.25) is 0 Å². The van der Waals surface area contributed by atoms with Gasteiger partial charge in [-0.15, -0.1) is 0 Å². The van der Waals surface area contributed by atoms with Crippen LogP contribution in [0, 0.1) is 0 Å². The molecule has 1 fully saturated rings. The molecule has 0 spiro atoms. The van der Waals surface area contributed by atoms with Crippen molar-refractivity contribution in [1.82, 2.24) is 14.5 Å². The minimum absolute atomic E-state index is 0.336. The van der Waals surface area contributed by atoms with Gasteiger partial charge in [-0.25, -0.2) is 4.98 Å². The number of anilines is 1. The molecule has 0 aromatic carbocycles. The lowest BCUT2D eigenvalue weighted by Crippen LogP contribution is -2.12. The number of hydrogen-bond acceptors (Lipinski definition) is 5. The van der Waals surface area contributed by atoms with Crippen molar-refractivity contribution in [2.45, 2.75) is 31.9 Å². The molecular formula is C13H18N4O2. The molecule has 0 aliphatic carbocycles. The molecule has 1 atom stereocenters. The van der Waals surface area contributed by atoms with Gasteiger partial charge < -0.3 is 15.2 Å². The van der Waals surface area contributed by atoms with Crippen LogP contribution >= 0.6 is 0 Å². The highest BCUT2D eigenvalue weighted by atomic mass is 16.5. The summed E-state index contributed by atoms with van der Waals surface area (Å²) in [6.07, 6.45) is 3.55. The van der Waals surface area contributed by atoms with Crippen molar-refractivity contribution in [3.63, 3.8) is 0 Å². The summed E-state index contributed by atoms with van der Waals surface area (Å²) in [6, 6.07) is 3.67. The number of rotatable bonds is 4. The number of nitrogens with zero attached hydrogens (tertiary/aromatic N) is 3. The normalized spacial score (nSPS) is 19.1. The fraction of sp³-hybridized carbons (Fsp3) is 0.538. The first-order chi connectivity index (χ1) is 9.28. The van der Waals surface area contributed by atoms with Crippen LogP contribution in [0.25, 0.3) is 11.2 Å². The lowest BCUT2D eigenvalue weighted by molar-refractivity contribution is 0.101. The van der Waals surface area contributed by atoms with Gasteiger partial charge in [0.2, 0.25) is 11.8 Å². The quantitative estimate of drug-likeness (QED) is 0.905. The first-order valence-electron chi connectivity index (χ1n) is 6.56. The van der Waals surface area contributed by atoms with Gasteiger partial charge >= 0.3 is 0 Å². The Morgan fingerprint density at radius 2 is 2.37 bits per heavy atom. The number of methoxy groups -OCH3 is 1. The van der Waals surface area contributed by atoms with Crippen LogP contribution in [0.15, 0.2) is 12.1 Å². The number of aromatic nitrogens is 3. The van der Waals surface area contributed by atoms with Crippen molar-refractivity contribution in [1.29, 1.82) is 0 Å². The van der Waals surface area contributed by atoms with Gasteiger partial charge in [0, 0.05) is 19.2 Å². The van der Waals surface area contributed by atoms with Crippen molar-refractivity contribution in [3.05, 3.63) is 12.1 Å². The van der Waals surface area contributed by atoms with E-state index in [1.165, 1.54) is 0 Å². The number of nitrogens with two attached hydrogens (primary N) is 1. The second-order valence-electron chi connectivity index (χ2n) is 4.74. The standard InChI is InChI=1S/C13H18N4O2/c1-18-11-5-4-10-12(16-11)17(13(14)15-10)7-6-9-3-2-8-19-9/h4-5,9H,2-3,6-8H2,1H3,(H2,14,15). The third-order valence-electron chi connectivity index (χ3n) is 3.50. The Morgan fingerprint density at radius 3 is 3.11 bits per heavy atom. The molecule has 0 saturated carbocycles. The van der Waals surface area contributed by atoms with Gasteiger partial charge in [-0.2, -0.15) is 4.98 Å². The monoisotopic (exact) mass is 262 g/mol. The summed E-state index contributed by atoms with van der Waals surface area (Å²) in [6.45, 7) is 1.64. The maximum absolute atomic E-state index is 5.96. The summed E-state index contributed by atoms with van der Waals surface area (Å²) < 4.78 is 12.7. The number of ether oxygens (including phenoxy) is 2. The zero-order valence-corrected chi connectivity index (χ0v) is 11.0. The molecule has 3 heterocycles. The minimum Gasteiger partial charge on any atom is -0.481 e. The summed E-state index contributed by atoms with van der Waals surface area (Å²) in [5, 5.41) is 0. The Hall–Kier alpha value is -1.82. The van der Waals surface area contributed by atoms with Crippen LogP contribution in [0.5, 0.6) is 5.88 Å². The molecule has 1 aliphatic heterocycles. The number of imidazole rings is 1. The molecule has 102 valence electrons. The summed E-state index contributed by atoms with van der Waals surface area (Å²) in [4.78, 5) is 8.73. The van der Waals surface area contributed by atoms with Gasteiger partial charge in [-0.1, -0.05) is 0 Å². The van der Waals surface area contributed by atoms with E-state index in [0.717, 1.165) is 43.6 Å². The van der Waals surface area contributed by atoms with Crippen LogP contribution in [-0.2, 0) is 11.3 Å². The van der Waals surface area contributed by atoms with Crippen molar-refractivity contribution in [2.75, 3.05) is 19.5 Å². The lowest BCUT2D eigenvalue weighted by atomic mass is 10.2. The molecule has 19 heavy (non-hydrogen) atoms. The molecule has 0 amide bonds. The van der Waals surface area contributed by atoms with Crippen LogP contribution in [0.4, 0.5) is 5.95 Å². The van der Waals surface area contributed by atoms with Gasteiger partial charge in [0.05, 0.1) is 13.2 Å². The molecule has 3 rings (SSSR count). The fourth-order valence-corrected chi connectivity index (χ4v) is 2.48. The molecule has 1 saturated heterocycles. The Bertz CT molecular complexity index is 575. The first kappa shape index (κ1) is 12.2. The Kier molecular flexibility index (Phi) is 3.25. The van der Waals surface area contributed by atoms with Crippen molar-refractivity contribution < 1.29 is 9.47 Å². The molecule has 6 heteroatoms. The Morgan fingerprint density at radius 1 is 1.47 bits per heavy atom. The van der Waals surface area contributed by atoms with Crippen LogP contribution in [0.1, 0.15) is 19.3 Å². The number of nitrogen functional groups attached to an aromatic ring is 1. The van der Waals surface area contributed by atoms with Crippen LogP contribution in [-0.4, -0.2) is 34.4 Å². The number of fused-ring (bicyclic) bond motifs is 1. The zero-order chi connectivity index (χ0) is 13.2. The maximum Gasteiger partial charge on any atom is 0.215 e. The summed E-state index contributed by atoms with van der Waals surface area (Å²) in [7, 11) is 1.60. The highest BCUT2D eigenvalue weighted by Crippen LogP contribution is 2.22. The van der Waals surface area contributed by atoms with E-state index in [2.05, 4.69) is 9.97 Å². The van der Waals surface area contributed by atoms with E-state index in [1.807, 2.05) is 10.6 Å². The average molecular weight is 262 g/mol. The van der Waals surface area contributed by atoms with E-state index >= 15 is 0 Å². The molecule has 1 aliphatic rings. The molecule has 2 N–H and O–H groups in total. The summed E-state index contributed by atoms with van der Waals surface area (Å²) >= 11 is 0.